The smallest absolute Gasteiger partial charge is 0.167 e. The molecule has 2 aromatic carbocycles. The van der Waals surface area contributed by atoms with E-state index in [0.717, 1.165) is 12.1 Å². The maximum atomic E-state index is 14.0. The van der Waals surface area contributed by atoms with Crippen LogP contribution < -0.4 is 15.4 Å². The first kappa shape index (κ1) is 13.1. The van der Waals surface area contributed by atoms with Crippen LogP contribution in [0.2, 0.25) is 0 Å². The normalized spacial score (nSPS) is 10.3. The fraction of sp³-hybridized carbons (Fsp3) is 0.143. The summed E-state index contributed by atoms with van der Waals surface area (Å²) in [6, 6.07) is 9.08. The molecule has 0 amide bonds. The van der Waals surface area contributed by atoms with Gasteiger partial charge in [0, 0.05) is 19.2 Å². The average Bonchev–Trinajstić information content (AvgIpc) is 2.40. The van der Waals surface area contributed by atoms with E-state index >= 15 is 0 Å². The largest absolute Gasteiger partial charge is 0.494 e. The lowest BCUT2D eigenvalue weighted by atomic mass is 10.2. The first-order valence-corrected chi connectivity index (χ1v) is 5.66. The average molecular weight is 264 g/mol. The molecule has 0 spiro atoms. The Morgan fingerprint density at radius 1 is 1.05 bits per heavy atom. The fourth-order valence-electron chi connectivity index (χ4n) is 1.85. The van der Waals surface area contributed by atoms with Crippen LogP contribution >= 0.6 is 0 Å². The van der Waals surface area contributed by atoms with Crippen LogP contribution in [0.3, 0.4) is 0 Å². The van der Waals surface area contributed by atoms with Gasteiger partial charge in [-0.25, -0.2) is 8.78 Å². The Kier molecular flexibility index (Phi) is 3.55. The lowest BCUT2D eigenvalue weighted by Crippen LogP contribution is -2.13. The molecule has 0 atom stereocenters. The van der Waals surface area contributed by atoms with Gasteiger partial charge < -0.3 is 15.4 Å². The Hall–Kier alpha value is -2.30. The van der Waals surface area contributed by atoms with Crippen LogP contribution in [-0.4, -0.2) is 14.2 Å². The first-order chi connectivity index (χ1) is 9.04. The molecule has 0 saturated carbocycles. The highest BCUT2D eigenvalue weighted by molar-refractivity contribution is 5.74. The summed E-state index contributed by atoms with van der Waals surface area (Å²) < 4.78 is 32.3. The summed E-state index contributed by atoms with van der Waals surface area (Å²) in [5.41, 5.74) is 7.00. The van der Waals surface area contributed by atoms with Gasteiger partial charge in [0.05, 0.1) is 24.2 Å². The third-order valence-electron chi connectivity index (χ3n) is 2.88. The van der Waals surface area contributed by atoms with Gasteiger partial charge in [-0.3, -0.25) is 0 Å². The van der Waals surface area contributed by atoms with Gasteiger partial charge in [-0.05, 0) is 12.1 Å². The van der Waals surface area contributed by atoms with E-state index in [4.69, 9.17) is 10.5 Å². The summed E-state index contributed by atoms with van der Waals surface area (Å²) in [6.07, 6.45) is 0. The van der Waals surface area contributed by atoms with Gasteiger partial charge in [0.2, 0.25) is 0 Å². The number of hydrogen-bond acceptors (Lipinski definition) is 3. The molecule has 2 N–H and O–H groups in total. The van der Waals surface area contributed by atoms with E-state index in [2.05, 4.69) is 0 Å². The fourth-order valence-corrected chi connectivity index (χ4v) is 1.85. The highest BCUT2D eigenvalue weighted by atomic mass is 19.1. The summed E-state index contributed by atoms with van der Waals surface area (Å²) in [5.74, 6) is -1.33. The van der Waals surface area contributed by atoms with Crippen molar-refractivity contribution >= 4 is 17.1 Å². The zero-order valence-corrected chi connectivity index (χ0v) is 10.7. The maximum absolute atomic E-state index is 14.0. The summed E-state index contributed by atoms with van der Waals surface area (Å²) in [5, 5.41) is 0. The minimum Gasteiger partial charge on any atom is -0.494 e. The molecule has 0 aliphatic heterocycles. The zero-order chi connectivity index (χ0) is 14.0. The SMILES string of the molecule is COc1cc(F)c(N(C)c2ccccc2N)cc1F. The second-order valence-electron chi connectivity index (χ2n) is 4.06. The van der Waals surface area contributed by atoms with E-state index in [1.165, 1.54) is 12.0 Å². The molecule has 0 unspecified atom stereocenters. The molecule has 0 aliphatic rings. The summed E-state index contributed by atoms with van der Waals surface area (Å²) in [4.78, 5) is 1.49. The Morgan fingerprint density at radius 2 is 1.74 bits per heavy atom. The van der Waals surface area contributed by atoms with Crippen molar-refractivity contribution in [1.29, 1.82) is 0 Å². The molecule has 5 heteroatoms. The van der Waals surface area contributed by atoms with Crippen LogP contribution in [0.4, 0.5) is 25.8 Å². The number of halogens is 2. The third kappa shape index (κ3) is 2.45. The minimum absolute atomic E-state index is 0.0937. The number of hydrogen-bond donors (Lipinski definition) is 1. The van der Waals surface area contributed by atoms with E-state index in [1.54, 1.807) is 31.3 Å². The Morgan fingerprint density at radius 3 is 2.37 bits per heavy atom. The third-order valence-corrected chi connectivity index (χ3v) is 2.88. The number of nitrogens with two attached hydrogens (primary N) is 1. The van der Waals surface area contributed by atoms with Gasteiger partial charge in [0.25, 0.3) is 0 Å². The molecule has 0 radical (unpaired) electrons. The molecule has 0 bridgehead atoms. The highest BCUT2D eigenvalue weighted by Gasteiger charge is 2.16. The van der Waals surface area contributed by atoms with Crippen LogP contribution in [0.15, 0.2) is 36.4 Å². The molecule has 0 heterocycles. The van der Waals surface area contributed by atoms with Crippen molar-refractivity contribution in [2.75, 3.05) is 24.8 Å². The van der Waals surface area contributed by atoms with Crippen molar-refractivity contribution in [1.82, 2.24) is 0 Å². The van der Waals surface area contributed by atoms with E-state index in [0.29, 0.717) is 11.4 Å². The summed E-state index contributed by atoms with van der Waals surface area (Å²) in [7, 11) is 2.91. The lowest BCUT2D eigenvalue weighted by molar-refractivity contribution is 0.383. The van der Waals surface area contributed by atoms with Crippen LogP contribution in [0.5, 0.6) is 5.75 Å². The minimum atomic E-state index is -0.625. The van der Waals surface area contributed by atoms with Gasteiger partial charge in [0.15, 0.2) is 17.4 Å². The van der Waals surface area contributed by atoms with Gasteiger partial charge in [-0.15, -0.1) is 0 Å². The number of ether oxygens (including phenoxy) is 1. The molecule has 0 fully saturated rings. The number of anilines is 3. The van der Waals surface area contributed by atoms with Crippen molar-refractivity contribution in [2.45, 2.75) is 0 Å². The molecule has 0 aromatic heterocycles. The number of nitrogen functional groups attached to an aromatic ring is 1. The van der Waals surface area contributed by atoms with Gasteiger partial charge in [0.1, 0.15) is 0 Å². The number of benzene rings is 2. The predicted octanol–water partition coefficient (Wildman–Crippen LogP) is 3.32. The second-order valence-corrected chi connectivity index (χ2v) is 4.06. The molecule has 3 nitrogen and oxygen atoms in total. The summed E-state index contributed by atoms with van der Waals surface area (Å²) in [6.45, 7) is 0. The molecule has 0 aliphatic carbocycles. The van der Waals surface area contributed by atoms with Gasteiger partial charge in [-0.1, -0.05) is 12.1 Å². The molecule has 19 heavy (non-hydrogen) atoms. The van der Waals surface area contributed by atoms with Crippen molar-refractivity contribution in [3.8, 4) is 5.75 Å². The van der Waals surface area contributed by atoms with Crippen molar-refractivity contribution in [2.24, 2.45) is 0 Å². The van der Waals surface area contributed by atoms with E-state index in [1.807, 2.05) is 0 Å². The number of rotatable bonds is 3. The molecule has 100 valence electrons. The molecule has 2 aromatic rings. The van der Waals surface area contributed by atoms with Crippen molar-refractivity contribution < 1.29 is 13.5 Å². The van der Waals surface area contributed by atoms with Crippen LogP contribution in [-0.2, 0) is 0 Å². The van der Waals surface area contributed by atoms with Crippen LogP contribution in [0.25, 0.3) is 0 Å². The van der Waals surface area contributed by atoms with Crippen molar-refractivity contribution in [3.63, 3.8) is 0 Å². The van der Waals surface area contributed by atoms with E-state index < -0.39 is 11.6 Å². The zero-order valence-electron chi connectivity index (χ0n) is 10.7. The van der Waals surface area contributed by atoms with Crippen LogP contribution in [0, 0.1) is 11.6 Å². The molecular weight excluding hydrogens is 250 g/mol. The second kappa shape index (κ2) is 5.14. The standard InChI is InChI=1S/C14H14F2N2O/c1-18(12-6-4-3-5-11(12)17)13-7-10(16)14(19-2)8-9(13)15/h3-8H,17H2,1-2H3. The quantitative estimate of drug-likeness (QED) is 0.864. The Labute approximate surface area is 110 Å². The maximum Gasteiger partial charge on any atom is 0.167 e. The Balaban J connectivity index is 2.48. The highest BCUT2D eigenvalue weighted by Crippen LogP contribution is 2.33. The monoisotopic (exact) mass is 264 g/mol. The Bertz CT molecular complexity index is 602. The lowest BCUT2D eigenvalue weighted by Gasteiger charge is -2.22. The molecule has 2 rings (SSSR count). The topological polar surface area (TPSA) is 38.5 Å². The molecule has 0 saturated heterocycles. The van der Waals surface area contributed by atoms with Gasteiger partial charge in [-0.2, -0.15) is 0 Å². The number of nitrogens with zero attached hydrogens (tertiary/aromatic N) is 1. The van der Waals surface area contributed by atoms with E-state index in [-0.39, 0.29) is 11.4 Å². The van der Waals surface area contributed by atoms with Crippen LogP contribution in [0.1, 0.15) is 0 Å². The molecular formula is C14H14F2N2O. The first-order valence-electron chi connectivity index (χ1n) is 5.66. The number of para-hydroxylation sites is 2. The number of methoxy groups -OCH3 is 1. The predicted molar refractivity (Wildman–Crippen MR) is 71.8 cm³/mol. The van der Waals surface area contributed by atoms with Crippen molar-refractivity contribution in [3.05, 3.63) is 48.0 Å². The van der Waals surface area contributed by atoms with Gasteiger partial charge >= 0.3 is 0 Å². The summed E-state index contributed by atoms with van der Waals surface area (Å²) >= 11 is 0. The van der Waals surface area contributed by atoms with E-state index in [9.17, 15) is 8.78 Å².